The van der Waals surface area contributed by atoms with Crippen LogP contribution >= 0.6 is 0 Å². The Labute approximate surface area is 121 Å². The van der Waals surface area contributed by atoms with E-state index in [2.05, 4.69) is 54.7 Å². The van der Waals surface area contributed by atoms with E-state index in [1.165, 1.54) is 11.3 Å². The first-order valence-corrected chi connectivity index (χ1v) is 7.04. The number of rotatable bonds is 6. The number of hydrogen-bond acceptors (Lipinski definition) is 3. The summed E-state index contributed by atoms with van der Waals surface area (Å²) in [6.45, 7) is 4.46. The van der Waals surface area contributed by atoms with Gasteiger partial charge in [-0.1, -0.05) is 44.2 Å². The summed E-state index contributed by atoms with van der Waals surface area (Å²) in [6.07, 6.45) is 3.77. The Morgan fingerprint density at radius 1 is 1.25 bits per heavy atom. The van der Waals surface area contributed by atoms with Crippen molar-refractivity contribution in [1.29, 1.82) is 0 Å². The van der Waals surface area contributed by atoms with Gasteiger partial charge in [-0.3, -0.25) is 16.0 Å². The molecule has 1 atom stereocenters. The maximum absolute atomic E-state index is 5.80. The molecule has 0 aliphatic rings. The van der Waals surface area contributed by atoms with E-state index in [0.29, 0.717) is 0 Å². The van der Waals surface area contributed by atoms with Crippen LogP contribution in [0.3, 0.4) is 0 Å². The number of aryl methyl sites for hydroxylation is 2. The first-order chi connectivity index (χ1) is 9.55. The molecule has 2 aromatic rings. The van der Waals surface area contributed by atoms with Crippen LogP contribution in [0.4, 0.5) is 0 Å². The lowest BCUT2D eigenvalue weighted by Crippen LogP contribution is -2.48. The molecule has 20 heavy (non-hydrogen) atoms. The van der Waals surface area contributed by atoms with E-state index in [4.69, 9.17) is 5.84 Å². The SMILES string of the molecule is Cn1nccc1CCC(NN)C(C)(C)c1ccccc1. The zero-order valence-corrected chi connectivity index (χ0v) is 12.5. The molecular weight excluding hydrogens is 248 g/mol. The largest absolute Gasteiger partial charge is 0.273 e. The Kier molecular flexibility index (Phi) is 4.57. The molecule has 0 saturated heterocycles. The second kappa shape index (κ2) is 6.20. The summed E-state index contributed by atoms with van der Waals surface area (Å²) < 4.78 is 1.92. The highest BCUT2D eigenvalue weighted by Crippen LogP contribution is 2.29. The number of nitrogens with zero attached hydrogens (tertiary/aromatic N) is 2. The molecule has 1 unspecified atom stereocenters. The molecule has 108 valence electrons. The van der Waals surface area contributed by atoms with Gasteiger partial charge in [-0.2, -0.15) is 5.10 Å². The highest BCUT2D eigenvalue weighted by atomic mass is 15.3. The number of aromatic nitrogens is 2. The molecule has 3 N–H and O–H groups in total. The quantitative estimate of drug-likeness (QED) is 0.626. The standard InChI is InChI=1S/C16H24N4/c1-16(2,13-7-5-4-6-8-13)15(19-17)10-9-14-11-12-18-20(14)3/h4-8,11-12,15,19H,9-10,17H2,1-3H3. The maximum Gasteiger partial charge on any atom is 0.0492 e. The average Bonchev–Trinajstić information content (AvgIpc) is 2.86. The normalized spacial score (nSPS) is 13.4. The summed E-state index contributed by atoms with van der Waals surface area (Å²) in [6, 6.07) is 12.8. The van der Waals surface area contributed by atoms with Gasteiger partial charge in [-0.05, 0) is 24.5 Å². The third kappa shape index (κ3) is 3.08. The van der Waals surface area contributed by atoms with Crippen LogP contribution in [0.25, 0.3) is 0 Å². The van der Waals surface area contributed by atoms with Crippen LogP contribution in [-0.2, 0) is 18.9 Å². The van der Waals surface area contributed by atoms with Gasteiger partial charge in [0.25, 0.3) is 0 Å². The molecule has 0 spiro atoms. The van der Waals surface area contributed by atoms with Gasteiger partial charge in [-0.15, -0.1) is 0 Å². The molecule has 1 aromatic heterocycles. The van der Waals surface area contributed by atoms with Crippen LogP contribution < -0.4 is 11.3 Å². The Hall–Kier alpha value is -1.65. The maximum atomic E-state index is 5.80. The second-order valence-corrected chi connectivity index (χ2v) is 5.79. The Morgan fingerprint density at radius 3 is 2.50 bits per heavy atom. The smallest absolute Gasteiger partial charge is 0.0492 e. The van der Waals surface area contributed by atoms with Gasteiger partial charge in [-0.25, -0.2) is 0 Å². The molecule has 4 nitrogen and oxygen atoms in total. The van der Waals surface area contributed by atoms with E-state index in [1.54, 1.807) is 0 Å². The van der Waals surface area contributed by atoms with E-state index in [1.807, 2.05) is 24.0 Å². The van der Waals surface area contributed by atoms with Crippen LogP contribution in [0.2, 0.25) is 0 Å². The molecule has 1 aromatic carbocycles. The van der Waals surface area contributed by atoms with Gasteiger partial charge < -0.3 is 0 Å². The lowest BCUT2D eigenvalue weighted by molar-refractivity contribution is 0.324. The van der Waals surface area contributed by atoms with Crippen molar-refractivity contribution in [2.75, 3.05) is 0 Å². The minimum absolute atomic E-state index is 0.0192. The summed E-state index contributed by atoms with van der Waals surface area (Å²) in [5, 5.41) is 4.21. The number of hydrazine groups is 1. The molecule has 0 fully saturated rings. The first-order valence-electron chi connectivity index (χ1n) is 7.04. The topological polar surface area (TPSA) is 55.9 Å². The van der Waals surface area contributed by atoms with Crippen molar-refractivity contribution in [2.45, 2.75) is 38.1 Å². The molecule has 2 rings (SSSR count). The lowest BCUT2D eigenvalue weighted by Gasteiger charge is -2.34. The molecule has 0 saturated carbocycles. The molecule has 0 aliphatic heterocycles. The fourth-order valence-electron chi connectivity index (χ4n) is 2.66. The second-order valence-electron chi connectivity index (χ2n) is 5.79. The van der Waals surface area contributed by atoms with Crippen molar-refractivity contribution in [3.8, 4) is 0 Å². The van der Waals surface area contributed by atoms with Crippen molar-refractivity contribution in [3.05, 3.63) is 53.9 Å². The van der Waals surface area contributed by atoms with E-state index in [0.717, 1.165) is 12.8 Å². The summed E-state index contributed by atoms with van der Waals surface area (Å²) in [4.78, 5) is 0. The lowest BCUT2D eigenvalue weighted by atomic mass is 9.76. The number of hydrogen-bond donors (Lipinski definition) is 2. The predicted octanol–water partition coefficient (Wildman–Crippen LogP) is 2.16. The van der Waals surface area contributed by atoms with E-state index in [9.17, 15) is 0 Å². The highest BCUT2D eigenvalue weighted by molar-refractivity contribution is 5.25. The molecule has 0 amide bonds. The molecule has 1 heterocycles. The monoisotopic (exact) mass is 272 g/mol. The van der Waals surface area contributed by atoms with E-state index < -0.39 is 0 Å². The molecule has 4 heteroatoms. The molecule has 0 aliphatic carbocycles. The molecule has 0 bridgehead atoms. The fraction of sp³-hybridized carbons (Fsp3) is 0.438. The summed E-state index contributed by atoms with van der Waals surface area (Å²) in [5.74, 6) is 5.80. The Bertz CT molecular complexity index is 530. The fourth-order valence-corrected chi connectivity index (χ4v) is 2.66. The Morgan fingerprint density at radius 2 is 1.95 bits per heavy atom. The van der Waals surface area contributed by atoms with Crippen molar-refractivity contribution in [2.24, 2.45) is 12.9 Å². The third-order valence-corrected chi connectivity index (χ3v) is 4.20. The number of nitrogens with two attached hydrogens (primary N) is 1. The van der Waals surface area contributed by atoms with Gasteiger partial charge >= 0.3 is 0 Å². The van der Waals surface area contributed by atoms with Crippen LogP contribution in [0.5, 0.6) is 0 Å². The summed E-state index contributed by atoms with van der Waals surface area (Å²) in [5.41, 5.74) is 5.50. The van der Waals surface area contributed by atoms with Crippen LogP contribution in [0.15, 0.2) is 42.6 Å². The van der Waals surface area contributed by atoms with Gasteiger partial charge in [0.1, 0.15) is 0 Å². The van der Waals surface area contributed by atoms with Crippen LogP contribution in [-0.4, -0.2) is 15.8 Å². The highest BCUT2D eigenvalue weighted by Gasteiger charge is 2.30. The van der Waals surface area contributed by atoms with Crippen LogP contribution in [0, 0.1) is 0 Å². The summed E-state index contributed by atoms with van der Waals surface area (Å²) >= 11 is 0. The van der Waals surface area contributed by atoms with Gasteiger partial charge in [0.15, 0.2) is 0 Å². The summed E-state index contributed by atoms with van der Waals surface area (Å²) in [7, 11) is 1.97. The van der Waals surface area contributed by atoms with E-state index in [-0.39, 0.29) is 11.5 Å². The van der Waals surface area contributed by atoms with Crippen molar-refractivity contribution in [1.82, 2.24) is 15.2 Å². The molecular formula is C16H24N4. The van der Waals surface area contributed by atoms with Gasteiger partial charge in [0.2, 0.25) is 0 Å². The van der Waals surface area contributed by atoms with E-state index >= 15 is 0 Å². The van der Waals surface area contributed by atoms with Crippen molar-refractivity contribution in [3.63, 3.8) is 0 Å². The number of nitrogens with one attached hydrogen (secondary N) is 1. The number of benzene rings is 1. The van der Waals surface area contributed by atoms with Gasteiger partial charge in [0, 0.05) is 30.4 Å². The average molecular weight is 272 g/mol. The zero-order chi connectivity index (χ0) is 14.6. The first kappa shape index (κ1) is 14.8. The minimum Gasteiger partial charge on any atom is -0.273 e. The zero-order valence-electron chi connectivity index (χ0n) is 12.5. The Balaban J connectivity index is 2.09. The van der Waals surface area contributed by atoms with Crippen molar-refractivity contribution >= 4 is 0 Å². The minimum atomic E-state index is -0.0192. The third-order valence-electron chi connectivity index (χ3n) is 4.20. The van der Waals surface area contributed by atoms with Gasteiger partial charge in [0.05, 0.1) is 0 Å². The van der Waals surface area contributed by atoms with Crippen molar-refractivity contribution < 1.29 is 0 Å². The van der Waals surface area contributed by atoms with Crippen LogP contribution in [0.1, 0.15) is 31.5 Å². The predicted molar refractivity (Wildman–Crippen MR) is 82.1 cm³/mol. The molecule has 0 radical (unpaired) electrons.